The van der Waals surface area contributed by atoms with Crippen molar-refractivity contribution in [3.05, 3.63) is 22.7 Å². The monoisotopic (exact) mass is 387 g/mol. The van der Waals surface area contributed by atoms with Crippen LogP contribution in [0.5, 0.6) is 11.5 Å². The van der Waals surface area contributed by atoms with Gasteiger partial charge >= 0.3 is 5.97 Å². The topological polar surface area (TPSA) is 83.1 Å². The number of benzene rings is 1. The van der Waals surface area contributed by atoms with Crippen molar-refractivity contribution in [3.8, 4) is 11.5 Å². The quantitative estimate of drug-likeness (QED) is 0.491. The Bertz CT molecular complexity index is 620. The molecule has 0 heterocycles. The van der Waals surface area contributed by atoms with Crippen molar-refractivity contribution in [2.24, 2.45) is 5.92 Å². The molecule has 1 aromatic carbocycles. The van der Waals surface area contributed by atoms with Crippen molar-refractivity contribution in [2.45, 2.75) is 26.9 Å². The number of nitrogens with one attached hydrogen (secondary N) is 1. The van der Waals surface area contributed by atoms with E-state index in [-0.39, 0.29) is 10.6 Å². The van der Waals surface area contributed by atoms with Crippen molar-refractivity contribution in [3.63, 3.8) is 0 Å². The Balaban J connectivity index is 2.82. The lowest BCUT2D eigenvalue weighted by molar-refractivity contribution is -0.129. The van der Waals surface area contributed by atoms with Crippen molar-refractivity contribution < 1.29 is 28.5 Å². The minimum absolute atomic E-state index is 0.167. The molecule has 1 amide bonds. The molecule has 1 N–H and O–H groups in total. The highest BCUT2D eigenvalue weighted by atomic mass is 35.5. The molecule has 0 saturated heterocycles. The molecule has 0 aromatic heterocycles. The Labute approximate surface area is 158 Å². The van der Waals surface area contributed by atoms with E-state index in [2.05, 4.69) is 5.32 Å². The van der Waals surface area contributed by atoms with Crippen LogP contribution < -0.4 is 14.8 Å². The van der Waals surface area contributed by atoms with Crippen LogP contribution in [-0.2, 0) is 14.3 Å². The van der Waals surface area contributed by atoms with Gasteiger partial charge in [0.05, 0.1) is 30.9 Å². The summed E-state index contributed by atoms with van der Waals surface area (Å²) in [5.41, 5.74) is 0.167. The number of esters is 1. The van der Waals surface area contributed by atoms with Crippen LogP contribution in [0, 0.1) is 5.92 Å². The maximum absolute atomic E-state index is 12.3. The molecule has 0 radical (unpaired) electrons. The standard InChI is InChI=1S/C18H26ClNO6/c1-11(2)10-25-16-14(19)8-13(9-15(16)24-5)18(22)26-12(3)17(21)20-6-7-23-4/h8-9,11-12H,6-7,10H2,1-5H3,(H,20,21)/t12-/m1/s1. The fourth-order valence-electron chi connectivity index (χ4n) is 1.93. The van der Waals surface area contributed by atoms with E-state index in [0.29, 0.717) is 37.2 Å². The van der Waals surface area contributed by atoms with Gasteiger partial charge in [0.1, 0.15) is 0 Å². The van der Waals surface area contributed by atoms with Crippen LogP contribution in [0.1, 0.15) is 31.1 Å². The van der Waals surface area contributed by atoms with Gasteiger partial charge in [-0.1, -0.05) is 25.4 Å². The molecule has 1 aromatic rings. The molecule has 0 bridgehead atoms. The first-order valence-corrected chi connectivity index (χ1v) is 8.65. The molecule has 8 heteroatoms. The van der Waals surface area contributed by atoms with Gasteiger partial charge < -0.3 is 24.3 Å². The molecule has 0 spiro atoms. The normalized spacial score (nSPS) is 11.8. The first kappa shape index (κ1) is 22.1. The second kappa shape index (κ2) is 10.9. The number of ether oxygens (including phenoxy) is 4. The zero-order chi connectivity index (χ0) is 19.7. The molecule has 26 heavy (non-hydrogen) atoms. The Morgan fingerprint density at radius 2 is 1.88 bits per heavy atom. The maximum atomic E-state index is 12.3. The fourth-order valence-corrected chi connectivity index (χ4v) is 2.20. The highest BCUT2D eigenvalue weighted by Gasteiger charge is 2.21. The minimum Gasteiger partial charge on any atom is -0.493 e. The Morgan fingerprint density at radius 3 is 2.46 bits per heavy atom. The van der Waals surface area contributed by atoms with Gasteiger partial charge in [0, 0.05) is 13.7 Å². The van der Waals surface area contributed by atoms with Gasteiger partial charge in [-0.05, 0) is 25.0 Å². The van der Waals surface area contributed by atoms with E-state index in [9.17, 15) is 9.59 Å². The van der Waals surface area contributed by atoms with Crippen molar-refractivity contribution in [2.75, 3.05) is 34.0 Å². The molecule has 0 fully saturated rings. The van der Waals surface area contributed by atoms with Crippen LogP contribution in [0.2, 0.25) is 5.02 Å². The summed E-state index contributed by atoms with van der Waals surface area (Å²) in [4.78, 5) is 24.2. The lowest BCUT2D eigenvalue weighted by Crippen LogP contribution is -2.37. The number of amides is 1. The number of methoxy groups -OCH3 is 2. The van der Waals surface area contributed by atoms with E-state index in [4.69, 9.17) is 30.5 Å². The van der Waals surface area contributed by atoms with Crippen LogP contribution in [0.25, 0.3) is 0 Å². The third-order valence-electron chi connectivity index (χ3n) is 3.28. The summed E-state index contributed by atoms with van der Waals surface area (Å²) >= 11 is 6.22. The number of halogens is 1. The largest absolute Gasteiger partial charge is 0.493 e. The highest BCUT2D eigenvalue weighted by molar-refractivity contribution is 6.32. The van der Waals surface area contributed by atoms with E-state index in [1.54, 1.807) is 0 Å². The average molecular weight is 388 g/mol. The van der Waals surface area contributed by atoms with Crippen LogP contribution in [0.3, 0.4) is 0 Å². The summed E-state index contributed by atoms with van der Waals surface area (Å²) in [7, 11) is 2.98. The smallest absolute Gasteiger partial charge is 0.339 e. The maximum Gasteiger partial charge on any atom is 0.339 e. The predicted molar refractivity (Wildman–Crippen MR) is 98.1 cm³/mol. The number of hydrogen-bond acceptors (Lipinski definition) is 6. The molecule has 0 unspecified atom stereocenters. The molecule has 0 saturated carbocycles. The molecule has 7 nitrogen and oxygen atoms in total. The SMILES string of the molecule is COCCNC(=O)[C@@H](C)OC(=O)c1cc(Cl)c(OCC(C)C)c(OC)c1. The third kappa shape index (κ3) is 6.72. The van der Waals surface area contributed by atoms with E-state index in [1.165, 1.54) is 33.3 Å². The van der Waals surface area contributed by atoms with Crippen LogP contribution in [0.4, 0.5) is 0 Å². The summed E-state index contributed by atoms with van der Waals surface area (Å²) in [5, 5.41) is 2.83. The van der Waals surface area contributed by atoms with Gasteiger partial charge in [0.25, 0.3) is 5.91 Å². The van der Waals surface area contributed by atoms with Crippen molar-refractivity contribution in [1.82, 2.24) is 5.32 Å². The van der Waals surface area contributed by atoms with Crippen LogP contribution >= 0.6 is 11.6 Å². The van der Waals surface area contributed by atoms with Gasteiger partial charge in [-0.15, -0.1) is 0 Å². The van der Waals surface area contributed by atoms with E-state index in [0.717, 1.165) is 0 Å². The summed E-state index contributed by atoms with van der Waals surface area (Å²) < 4.78 is 20.9. The van der Waals surface area contributed by atoms with E-state index in [1.807, 2.05) is 13.8 Å². The zero-order valence-electron chi connectivity index (χ0n) is 15.8. The molecule has 146 valence electrons. The minimum atomic E-state index is -0.957. The number of rotatable bonds is 10. The second-order valence-electron chi connectivity index (χ2n) is 6.03. The second-order valence-corrected chi connectivity index (χ2v) is 6.43. The molecular weight excluding hydrogens is 362 g/mol. The van der Waals surface area contributed by atoms with Gasteiger partial charge in [-0.2, -0.15) is 0 Å². The molecule has 0 aliphatic carbocycles. The summed E-state index contributed by atoms with van der Waals surface area (Å²) in [6.45, 7) is 6.66. The first-order chi connectivity index (χ1) is 12.3. The van der Waals surface area contributed by atoms with Crippen molar-refractivity contribution >= 4 is 23.5 Å². The first-order valence-electron chi connectivity index (χ1n) is 8.28. The summed E-state index contributed by atoms with van der Waals surface area (Å²) in [6, 6.07) is 2.90. The number of carbonyl (C=O) groups excluding carboxylic acids is 2. The van der Waals surface area contributed by atoms with Crippen molar-refractivity contribution in [1.29, 1.82) is 0 Å². The van der Waals surface area contributed by atoms with Crippen LogP contribution in [-0.4, -0.2) is 52.0 Å². The Kier molecular flexibility index (Phi) is 9.23. The van der Waals surface area contributed by atoms with Gasteiger partial charge in [-0.25, -0.2) is 4.79 Å². The molecular formula is C18H26ClNO6. The van der Waals surface area contributed by atoms with Gasteiger partial charge in [0.15, 0.2) is 17.6 Å². The average Bonchev–Trinajstić information content (AvgIpc) is 2.59. The lowest BCUT2D eigenvalue weighted by atomic mass is 10.2. The van der Waals surface area contributed by atoms with Gasteiger partial charge in [-0.3, -0.25) is 4.79 Å². The third-order valence-corrected chi connectivity index (χ3v) is 3.57. The predicted octanol–water partition coefficient (Wildman–Crippen LogP) is 2.69. The molecule has 1 atom stereocenters. The highest BCUT2D eigenvalue weighted by Crippen LogP contribution is 2.37. The molecule has 0 aliphatic rings. The lowest BCUT2D eigenvalue weighted by Gasteiger charge is -2.16. The molecule has 1 rings (SSSR count). The zero-order valence-corrected chi connectivity index (χ0v) is 16.5. The Morgan fingerprint density at radius 1 is 1.19 bits per heavy atom. The Hall–Kier alpha value is -1.99. The number of carbonyl (C=O) groups is 2. The number of hydrogen-bond donors (Lipinski definition) is 1. The van der Waals surface area contributed by atoms with Crippen LogP contribution in [0.15, 0.2) is 12.1 Å². The van der Waals surface area contributed by atoms with E-state index >= 15 is 0 Å². The summed E-state index contributed by atoms with van der Waals surface area (Å²) in [6.07, 6.45) is -0.957. The molecule has 0 aliphatic heterocycles. The fraction of sp³-hybridized carbons (Fsp3) is 0.556. The van der Waals surface area contributed by atoms with Gasteiger partial charge in [0.2, 0.25) is 0 Å². The summed E-state index contributed by atoms with van der Waals surface area (Å²) in [5.74, 6) is -0.106. The van der Waals surface area contributed by atoms with E-state index < -0.39 is 18.0 Å².